The van der Waals surface area contributed by atoms with E-state index >= 15 is 0 Å². The molecule has 0 bridgehead atoms. The molecule has 42 heavy (non-hydrogen) atoms. The van der Waals surface area contributed by atoms with Gasteiger partial charge in [-0.15, -0.1) is 0 Å². The number of hydrogen-bond donors (Lipinski definition) is 1. The molecule has 1 aromatic rings. The zero-order chi connectivity index (χ0) is 29.9. The van der Waals surface area contributed by atoms with Crippen LogP contribution in [-0.4, -0.2) is 97.4 Å². The van der Waals surface area contributed by atoms with Gasteiger partial charge >= 0.3 is 63.3 Å². The van der Waals surface area contributed by atoms with E-state index in [2.05, 4.69) is 10.2 Å². The smallest absolute Gasteiger partial charge is 0.461 e. The van der Waals surface area contributed by atoms with Crippen LogP contribution in [0.25, 0.3) is 6.08 Å². The quantitative estimate of drug-likeness (QED) is 0.126. The maximum Gasteiger partial charge on any atom is 1.00 e. The van der Waals surface area contributed by atoms with Crippen molar-refractivity contribution in [2.45, 2.75) is 38.8 Å². The average molecular weight is 650 g/mol. The first-order valence-corrected chi connectivity index (χ1v) is 16.6. The number of sulfone groups is 2. The van der Waals surface area contributed by atoms with E-state index in [0.717, 1.165) is 9.69 Å². The summed E-state index contributed by atoms with van der Waals surface area (Å²) in [5, 5.41) is 7.77. The van der Waals surface area contributed by atoms with Gasteiger partial charge in [0.2, 0.25) is 0 Å². The molecule has 222 valence electrons. The minimum Gasteiger partial charge on any atom is -0.461 e. The molecule has 0 radical (unpaired) electrons. The summed E-state index contributed by atoms with van der Waals surface area (Å²) in [6.45, 7) is 3.30. The SMILES string of the molecule is CCOC(=O)C1=NN(C2CCS(=O)(=O)C2)C(=O)/C1=C/C=C/C=C/c1c(C(=O)OCC)[nH]n(C2CCS(=O)(=O)C2)c1=O.[K+]. The van der Waals surface area contributed by atoms with E-state index in [4.69, 9.17) is 9.47 Å². The van der Waals surface area contributed by atoms with Gasteiger partial charge in [0, 0.05) is 0 Å². The molecular weight excluding hydrogens is 620 g/mol. The molecule has 2 saturated heterocycles. The number of ether oxygens (including phenoxy) is 2. The number of nitrogens with zero attached hydrogens (tertiary/aromatic N) is 3. The van der Waals surface area contributed by atoms with Crippen LogP contribution in [0.3, 0.4) is 0 Å². The molecule has 0 aromatic carbocycles. The molecule has 17 heteroatoms. The van der Waals surface area contributed by atoms with Crippen molar-refractivity contribution in [3.63, 3.8) is 0 Å². The van der Waals surface area contributed by atoms with Crippen LogP contribution in [0, 0.1) is 0 Å². The summed E-state index contributed by atoms with van der Waals surface area (Å²) in [5.74, 6) is -2.89. The first-order valence-electron chi connectivity index (χ1n) is 12.9. The van der Waals surface area contributed by atoms with Gasteiger partial charge in [0.25, 0.3) is 11.5 Å². The second-order valence-corrected chi connectivity index (χ2v) is 14.0. The monoisotopic (exact) mass is 649 g/mol. The van der Waals surface area contributed by atoms with Gasteiger partial charge in [0.05, 0.1) is 59.4 Å². The Morgan fingerprint density at radius 2 is 1.52 bits per heavy atom. The van der Waals surface area contributed by atoms with Crippen LogP contribution in [0.1, 0.15) is 48.8 Å². The number of hydrogen-bond acceptors (Lipinski definition) is 11. The molecule has 1 N–H and O–H groups in total. The van der Waals surface area contributed by atoms with Gasteiger partial charge in [-0.05, 0) is 38.8 Å². The minimum atomic E-state index is -3.31. The third kappa shape index (κ3) is 7.67. The molecule has 0 saturated carbocycles. The molecule has 3 aliphatic heterocycles. The standard InChI is InChI=1S/C25H30N4O10S2.K/c1-3-38-24(32)20-18(22(30)28(26-20)16-10-12-40(34,35)14-16)8-6-5-7-9-19-21(25(33)39-4-2)27-29(23(19)31)17-11-13-41(36,37)15-17;/h5-9,16-17,26H,3-4,10-15H2,1-2H3;/q;+1/b7-5+,8-6+,19-9+;. The summed E-state index contributed by atoms with van der Waals surface area (Å²) in [6.07, 6.45) is 7.35. The number of carbonyl (C=O) groups is 3. The van der Waals surface area contributed by atoms with Crippen LogP contribution in [-0.2, 0) is 38.7 Å². The van der Waals surface area contributed by atoms with Crippen LogP contribution in [0.4, 0.5) is 0 Å². The Kier molecular flexibility index (Phi) is 11.5. The molecule has 4 rings (SSSR count). The summed E-state index contributed by atoms with van der Waals surface area (Å²) in [5.41, 5.74) is -1.10. The number of esters is 2. The zero-order valence-electron chi connectivity index (χ0n) is 23.4. The average Bonchev–Trinajstić information content (AvgIpc) is 3.63. The number of aromatic amines is 1. The van der Waals surface area contributed by atoms with Gasteiger partial charge in [-0.3, -0.25) is 14.7 Å². The van der Waals surface area contributed by atoms with Crippen LogP contribution in [0.15, 0.2) is 39.8 Å². The van der Waals surface area contributed by atoms with Gasteiger partial charge in [-0.1, -0.05) is 18.2 Å². The van der Waals surface area contributed by atoms with E-state index in [1.165, 1.54) is 30.4 Å². The fourth-order valence-corrected chi connectivity index (χ4v) is 8.13. The maximum absolute atomic E-state index is 13.1. The van der Waals surface area contributed by atoms with Crippen LogP contribution in [0.5, 0.6) is 0 Å². The summed E-state index contributed by atoms with van der Waals surface area (Å²) in [4.78, 5) is 51.1. The van der Waals surface area contributed by atoms with Crippen LogP contribution >= 0.6 is 0 Å². The number of amides is 1. The molecular formula is C25H30KN4O10S2+. The van der Waals surface area contributed by atoms with Crippen molar-refractivity contribution in [3.05, 3.63) is 51.5 Å². The molecule has 1 aromatic heterocycles. The Balaban J connectivity index is 0.00000484. The minimum absolute atomic E-state index is 0. The molecule has 3 aliphatic rings. The Labute approximate surface area is 285 Å². The van der Waals surface area contributed by atoms with E-state index in [0.29, 0.717) is 0 Å². The van der Waals surface area contributed by atoms with Crippen molar-refractivity contribution in [2.75, 3.05) is 36.2 Å². The van der Waals surface area contributed by atoms with Crippen LogP contribution in [0.2, 0.25) is 0 Å². The van der Waals surface area contributed by atoms with Gasteiger partial charge in [-0.2, -0.15) is 5.10 Å². The number of nitrogens with one attached hydrogen (secondary N) is 1. The number of allylic oxidation sites excluding steroid dienone is 4. The van der Waals surface area contributed by atoms with Gasteiger partial charge in [0.15, 0.2) is 31.1 Å². The van der Waals surface area contributed by atoms with E-state index in [1.807, 2.05) is 0 Å². The number of carbonyl (C=O) groups excluding carboxylic acids is 3. The third-order valence-electron chi connectivity index (χ3n) is 6.68. The molecule has 1 amide bonds. The topological polar surface area (TPSA) is 191 Å². The van der Waals surface area contributed by atoms with Gasteiger partial charge in [-0.25, -0.2) is 36.1 Å². The van der Waals surface area contributed by atoms with E-state index < -0.39 is 55.2 Å². The second kappa shape index (κ2) is 14.1. The number of rotatable bonds is 9. The Morgan fingerprint density at radius 3 is 2.10 bits per heavy atom. The number of aromatic nitrogens is 2. The Hall–Kier alpha value is -2.15. The van der Waals surface area contributed by atoms with Gasteiger partial charge < -0.3 is 9.47 Å². The molecule has 0 spiro atoms. The second-order valence-electron chi connectivity index (χ2n) is 9.55. The fourth-order valence-electron chi connectivity index (χ4n) is 4.73. The maximum atomic E-state index is 13.1. The van der Waals surface area contributed by atoms with Crippen molar-refractivity contribution in [1.29, 1.82) is 0 Å². The molecule has 2 unspecified atom stereocenters. The Bertz CT molecular complexity index is 1650. The van der Waals surface area contributed by atoms with Gasteiger partial charge in [0.1, 0.15) is 0 Å². The van der Waals surface area contributed by atoms with Crippen molar-refractivity contribution in [3.8, 4) is 0 Å². The predicted octanol–water partition coefficient (Wildman–Crippen LogP) is -2.84. The zero-order valence-corrected chi connectivity index (χ0v) is 28.2. The first kappa shape index (κ1) is 34.3. The third-order valence-corrected chi connectivity index (χ3v) is 10.2. The molecule has 2 atom stereocenters. The predicted molar refractivity (Wildman–Crippen MR) is 148 cm³/mol. The van der Waals surface area contributed by atoms with Crippen molar-refractivity contribution in [2.24, 2.45) is 5.10 Å². The van der Waals surface area contributed by atoms with E-state index in [9.17, 15) is 36.0 Å². The van der Waals surface area contributed by atoms with Crippen LogP contribution < -0.4 is 56.9 Å². The number of H-pyrrole nitrogens is 1. The molecule has 2 fully saturated rings. The molecule has 14 nitrogen and oxygen atoms in total. The first-order chi connectivity index (χ1) is 19.4. The van der Waals surface area contributed by atoms with Crippen molar-refractivity contribution < 1.29 is 92.1 Å². The molecule has 0 aliphatic carbocycles. The fraction of sp³-hybridized carbons (Fsp3) is 0.480. The largest absolute Gasteiger partial charge is 1.00 e. The number of hydrazone groups is 1. The summed E-state index contributed by atoms with van der Waals surface area (Å²) >= 11 is 0. The van der Waals surface area contributed by atoms with E-state index in [1.54, 1.807) is 13.8 Å². The summed E-state index contributed by atoms with van der Waals surface area (Å²) in [7, 11) is -6.61. The Morgan fingerprint density at radius 1 is 0.929 bits per heavy atom. The summed E-state index contributed by atoms with van der Waals surface area (Å²) < 4.78 is 58.8. The molecule has 4 heterocycles. The van der Waals surface area contributed by atoms with Crippen molar-refractivity contribution in [1.82, 2.24) is 14.8 Å². The van der Waals surface area contributed by atoms with E-state index in [-0.39, 0.29) is 123 Å². The normalized spacial score (nSPS) is 24.0. The summed E-state index contributed by atoms with van der Waals surface area (Å²) in [6, 6.07) is -1.34. The van der Waals surface area contributed by atoms with Crippen molar-refractivity contribution >= 4 is 49.3 Å².